The number of rotatable bonds is 2. The molecule has 6 nitrogen and oxygen atoms in total. The second-order valence-electron chi connectivity index (χ2n) is 2.87. The minimum Gasteiger partial charge on any atom is -1.00 e. The maximum atomic E-state index is 10.4. The van der Waals surface area contributed by atoms with E-state index in [1.54, 1.807) is 23.0 Å². The van der Waals surface area contributed by atoms with E-state index in [9.17, 15) is 9.59 Å². The van der Waals surface area contributed by atoms with Crippen LogP contribution in [-0.4, -0.2) is 32.6 Å². The van der Waals surface area contributed by atoms with E-state index < -0.39 is 11.9 Å². The summed E-state index contributed by atoms with van der Waals surface area (Å²) in [6.45, 7) is 0. The van der Waals surface area contributed by atoms with Gasteiger partial charge in [0.15, 0.2) is 0 Å². The topological polar surface area (TPSA) is 119 Å². The minimum atomic E-state index is -1.13. The molecule has 0 saturated heterocycles. The van der Waals surface area contributed by atoms with E-state index in [0.717, 1.165) is 6.07 Å². The van der Waals surface area contributed by atoms with Gasteiger partial charge in [0.05, 0.1) is 16.6 Å². The standard InChI is InChI=1S/C8H6O4.C3H3NS.K.H2O.H/c9-7(10)5-2-1-3-6(4-5)8(11)12;1-2-5-3-4-1;;;/h1-4H,(H,9,10)(H,11,12);1-3H;;1H2;/q;;+1;;-1. The molecule has 2 rings (SSSR count). The maximum absolute atomic E-state index is 10.4. The van der Waals surface area contributed by atoms with Gasteiger partial charge in [-0.05, 0) is 18.2 Å². The maximum Gasteiger partial charge on any atom is 1.00 e. The molecule has 0 aliphatic rings. The van der Waals surface area contributed by atoms with Crippen LogP contribution in [0, 0.1) is 0 Å². The number of nitrogens with zero attached hydrogens (tertiary/aromatic N) is 1. The van der Waals surface area contributed by atoms with Gasteiger partial charge >= 0.3 is 63.3 Å². The zero-order chi connectivity index (χ0) is 12.7. The average Bonchev–Trinajstić information content (AvgIpc) is 2.87. The second-order valence-corrected chi connectivity index (χ2v) is 3.62. The van der Waals surface area contributed by atoms with Crippen molar-refractivity contribution >= 4 is 23.3 Å². The molecule has 0 radical (unpaired) electrons. The fourth-order valence-corrected chi connectivity index (χ4v) is 1.31. The number of carboxylic acids is 2. The third-order valence-electron chi connectivity index (χ3n) is 1.70. The van der Waals surface area contributed by atoms with Gasteiger partial charge in [-0.1, -0.05) is 6.07 Å². The molecular weight excluding hydrogens is 297 g/mol. The van der Waals surface area contributed by atoms with Crippen molar-refractivity contribution in [3.8, 4) is 0 Å². The SMILES string of the molecule is O.O=C(O)c1cccc(C(=O)O)c1.[H-].[K+].c1cscn1. The Morgan fingerprint density at radius 1 is 1.16 bits per heavy atom. The summed E-state index contributed by atoms with van der Waals surface area (Å²) in [6.07, 6.45) is 1.77. The molecule has 0 atom stereocenters. The average molecular weight is 309 g/mol. The van der Waals surface area contributed by atoms with E-state index in [0.29, 0.717) is 0 Å². The summed E-state index contributed by atoms with van der Waals surface area (Å²) >= 11 is 1.60. The first-order valence-corrected chi connectivity index (χ1v) is 5.44. The Hall–Kier alpha value is -0.614. The Morgan fingerprint density at radius 3 is 1.95 bits per heavy atom. The molecule has 0 fully saturated rings. The number of carboxylic acid groups (broad SMARTS) is 2. The molecule has 98 valence electrons. The summed E-state index contributed by atoms with van der Waals surface area (Å²) < 4.78 is 0. The number of thiazole rings is 1. The molecule has 8 heteroatoms. The molecule has 0 unspecified atom stereocenters. The van der Waals surface area contributed by atoms with E-state index >= 15 is 0 Å². The molecule has 1 aromatic heterocycles. The largest absolute Gasteiger partial charge is 1.00 e. The van der Waals surface area contributed by atoms with Gasteiger partial charge in [0.2, 0.25) is 0 Å². The monoisotopic (exact) mass is 309 g/mol. The van der Waals surface area contributed by atoms with Crippen molar-refractivity contribution in [3.05, 3.63) is 52.5 Å². The molecule has 0 aliphatic heterocycles. The van der Waals surface area contributed by atoms with Gasteiger partial charge in [-0.25, -0.2) is 9.59 Å². The first kappa shape index (κ1) is 20.7. The smallest absolute Gasteiger partial charge is 1.00 e. The number of aromatic nitrogens is 1. The molecule has 0 amide bonds. The Bertz CT molecular complexity index is 463. The predicted molar refractivity (Wildman–Crippen MR) is 67.2 cm³/mol. The van der Waals surface area contributed by atoms with Crippen molar-refractivity contribution in [2.24, 2.45) is 0 Å². The van der Waals surface area contributed by atoms with Crippen molar-refractivity contribution in [1.29, 1.82) is 0 Å². The first-order valence-electron chi connectivity index (χ1n) is 4.50. The molecule has 2 aromatic rings. The fourth-order valence-electron chi connectivity index (χ4n) is 0.961. The van der Waals surface area contributed by atoms with Crippen molar-refractivity contribution in [3.63, 3.8) is 0 Å². The van der Waals surface area contributed by atoms with Crippen LogP contribution in [0.2, 0.25) is 0 Å². The Morgan fingerprint density at radius 2 is 1.68 bits per heavy atom. The van der Waals surface area contributed by atoms with Crippen LogP contribution in [0.3, 0.4) is 0 Å². The zero-order valence-electron chi connectivity index (χ0n) is 11.1. The van der Waals surface area contributed by atoms with Crippen LogP contribution in [0.15, 0.2) is 41.4 Å². The number of hydrogen-bond acceptors (Lipinski definition) is 4. The first-order chi connectivity index (χ1) is 8.11. The predicted octanol–water partition coefficient (Wildman–Crippen LogP) is -1.48. The van der Waals surface area contributed by atoms with E-state index in [4.69, 9.17) is 10.2 Å². The Labute approximate surface area is 157 Å². The van der Waals surface area contributed by atoms with Crippen LogP contribution in [0.25, 0.3) is 0 Å². The Balaban J connectivity index is -0.000000312. The van der Waals surface area contributed by atoms with Crippen LogP contribution in [0.4, 0.5) is 0 Å². The van der Waals surface area contributed by atoms with Crippen LogP contribution < -0.4 is 51.4 Å². The van der Waals surface area contributed by atoms with Crippen molar-refractivity contribution in [2.75, 3.05) is 0 Å². The van der Waals surface area contributed by atoms with Gasteiger partial charge in [-0.3, -0.25) is 4.98 Å². The van der Waals surface area contributed by atoms with Crippen molar-refractivity contribution in [1.82, 2.24) is 4.98 Å². The van der Waals surface area contributed by atoms with Crippen LogP contribution in [-0.2, 0) is 0 Å². The van der Waals surface area contributed by atoms with Crippen LogP contribution >= 0.6 is 11.3 Å². The van der Waals surface area contributed by atoms with Gasteiger partial charge in [-0.15, -0.1) is 11.3 Å². The zero-order valence-corrected chi connectivity index (χ0v) is 14.0. The number of carbonyl (C=O) groups is 2. The summed E-state index contributed by atoms with van der Waals surface area (Å²) in [5.74, 6) is -2.25. The summed E-state index contributed by atoms with van der Waals surface area (Å²) in [6, 6.07) is 5.20. The number of hydrogen-bond donors (Lipinski definition) is 2. The van der Waals surface area contributed by atoms with Crippen molar-refractivity contribution in [2.45, 2.75) is 0 Å². The fraction of sp³-hybridized carbons (Fsp3) is 0. The van der Waals surface area contributed by atoms with E-state index in [-0.39, 0.29) is 69.4 Å². The number of benzene rings is 1. The molecule has 1 aromatic carbocycles. The summed E-state index contributed by atoms with van der Waals surface area (Å²) in [4.78, 5) is 24.5. The molecule has 19 heavy (non-hydrogen) atoms. The molecule has 0 spiro atoms. The third-order valence-corrected chi connectivity index (χ3v) is 2.23. The van der Waals surface area contributed by atoms with Gasteiger partial charge in [0, 0.05) is 11.6 Å². The summed E-state index contributed by atoms with van der Waals surface area (Å²) in [5, 5.41) is 18.9. The molecule has 0 bridgehead atoms. The van der Waals surface area contributed by atoms with E-state index in [1.807, 2.05) is 5.38 Å². The second kappa shape index (κ2) is 11.2. The Kier molecular flexibility index (Phi) is 12.2. The number of aromatic carboxylic acids is 2. The molecule has 4 N–H and O–H groups in total. The molecular formula is C11H12KNO5S. The summed E-state index contributed by atoms with van der Waals surface area (Å²) in [7, 11) is 0. The molecule has 1 heterocycles. The van der Waals surface area contributed by atoms with Gasteiger partial charge in [-0.2, -0.15) is 0 Å². The van der Waals surface area contributed by atoms with E-state index in [2.05, 4.69) is 4.98 Å². The van der Waals surface area contributed by atoms with Crippen LogP contribution in [0.5, 0.6) is 0 Å². The molecule has 0 saturated carbocycles. The van der Waals surface area contributed by atoms with Gasteiger partial charge in [0.1, 0.15) is 0 Å². The van der Waals surface area contributed by atoms with Gasteiger partial charge < -0.3 is 17.1 Å². The third kappa shape index (κ3) is 8.21. The quantitative estimate of drug-likeness (QED) is 0.656. The normalized spacial score (nSPS) is 8.00. The molecule has 0 aliphatic carbocycles. The summed E-state index contributed by atoms with van der Waals surface area (Å²) in [5.41, 5.74) is 1.75. The minimum absolute atomic E-state index is 0. The van der Waals surface area contributed by atoms with E-state index in [1.165, 1.54) is 18.2 Å². The van der Waals surface area contributed by atoms with Crippen LogP contribution in [0.1, 0.15) is 22.1 Å². The van der Waals surface area contributed by atoms with Crippen molar-refractivity contribution < 1.29 is 78.1 Å². The van der Waals surface area contributed by atoms with Gasteiger partial charge in [0.25, 0.3) is 0 Å².